The number of halogens is 1. The molecule has 1 aromatic rings. The molecule has 0 fully saturated rings. The van der Waals surface area contributed by atoms with Gasteiger partial charge < -0.3 is 5.32 Å². The van der Waals surface area contributed by atoms with Crippen LogP contribution in [0.5, 0.6) is 0 Å². The Bertz CT molecular complexity index is 457. The predicted molar refractivity (Wildman–Crippen MR) is 87.4 cm³/mol. The van der Waals surface area contributed by atoms with Crippen LogP contribution in [0.4, 0.5) is 4.39 Å². The summed E-state index contributed by atoms with van der Waals surface area (Å²) >= 11 is 0. The molecule has 0 aliphatic heterocycles. The first-order chi connectivity index (χ1) is 8.84. The number of aryl methyl sites for hydroxylation is 1. The lowest BCUT2D eigenvalue weighted by atomic mass is 10.1. The Labute approximate surface area is 118 Å². The zero-order chi connectivity index (χ0) is 15.0. The molecule has 0 unspecified atom stereocenters. The predicted octanol–water partition coefficient (Wildman–Crippen LogP) is 4.96. The number of nitrogens with one attached hydrogen (secondary N) is 1. The van der Waals surface area contributed by atoms with Gasteiger partial charge in [-0.15, -0.1) is 8.86 Å². The van der Waals surface area contributed by atoms with E-state index < -0.39 is 0 Å². The van der Waals surface area contributed by atoms with Crippen LogP contribution in [0.1, 0.15) is 38.3 Å². The summed E-state index contributed by atoms with van der Waals surface area (Å²) in [5.41, 5.74) is 2.52. The average Bonchev–Trinajstić information content (AvgIpc) is 2.29. The molecular formula is C16H23FNP. The van der Waals surface area contributed by atoms with Gasteiger partial charge in [-0.2, -0.15) is 0 Å². The van der Waals surface area contributed by atoms with Crippen molar-refractivity contribution in [2.75, 3.05) is 0 Å². The molecule has 0 radical (unpaired) electrons. The van der Waals surface area contributed by atoms with Crippen LogP contribution in [-0.4, -0.2) is 5.29 Å². The van der Waals surface area contributed by atoms with Crippen LogP contribution in [0.2, 0.25) is 0 Å². The quantitative estimate of drug-likeness (QED) is 0.768. The molecule has 1 rings (SSSR count). The smallest absolute Gasteiger partial charge is 0.132 e. The van der Waals surface area contributed by atoms with Crippen LogP contribution in [0.3, 0.4) is 0 Å². The van der Waals surface area contributed by atoms with Gasteiger partial charge in [0, 0.05) is 17.0 Å². The number of rotatable bonds is 4. The third-order valence-corrected chi connectivity index (χ3v) is 2.58. The molecule has 104 valence electrons. The molecule has 0 aromatic heterocycles. The summed E-state index contributed by atoms with van der Waals surface area (Å²) in [7, 11) is 3.35. The van der Waals surface area contributed by atoms with E-state index in [0.29, 0.717) is 17.0 Å². The fourth-order valence-electron chi connectivity index (χ4n) is 1.35. The average molecular weight is 279 g/mol. The highest BCUT2D eigenvalue weighted by Gasteiger charge is 2.09. The lowest BCUT2D eigenvalue weighted by molar-refractivity contribution is 0.621. The molecule has 0 atom stereocenters. The fourth-order valence-corrected chi connectivity index (χ4v) is 1.41. The van der Waals surface area contributed by atoms with Gasteiger partial charge >= 0.3 is 0 Å². The Kier molecular flexibility index (Phi) is 8.02. The van der Waals surface area contributed by atoms with Gasteiger partial charge in [-0.1, -0.05) is 45.6 Å². The normalized spacial score (nSPS) is 9.11. The maximum atomic E-state index is 13.6. The minimum atomic E-state index is -0.281. The number of hydrogen-bond donors (Lipinski definition) is 1. The van der Waals surface area contributed by atoms with E-state index in [1.165, 1.54) is 12.5 Å². The van der Waals surface area contributed by atoms with Crippen LogP contribution >= 0.6 is 8.86 Å². The largest absolute Gasteiger partial charge is 0.355 e. The standard InChI is InChI=1S/C13H15FNP.C3H8/c1-8-6-5-7-12(14)13(8)10(3)15-9(2)11(4)16;1-3-2/h5-7,15-16H,2-3H2,1,4H3;3H2,1-2H3. The molecule has 0 bridgehead atoms. The molecule has 1 aromatic carbocycles. The first-order valence-corrected chi connectivity index (χ1v) is 6.80. The van der Waals surface area contributed by atoms with E-state index in [0.717, 1.165) is 10.9 Å². The van der Waals surface area contributed by atoms with E-state index in [1.807, 2.05) is 19.9 Å². The van der Waals surface area contributed by atoms with Crippen LogP contribution in [-0.2, 0) is 0 Å². The molecule has 0 spiro atoms. The third-order valence-electron chi connectivity index (χ3n) is 2.28. The van der Waals surface area contributed by atoms with Crippen molar-refractivity contribution in [2.45, 2.75) is 34.1 Å². The summed E-state index contributed by atoms with van der Waals surface area (Å²) < 4.78 is 13.6. The molecule has 0 amide bonds. The van der Waals surface area contributed by atoms with Gasteiger partial charge in [0.15, 0.2) is 0 Å². The minimum absolute atomic E-state index is 0.281. The van der Waals surface area contributed by atoms with Crippen molar-refractivity contribution in [1.29, 1.82) is 0 Å². The second-order valence-electron chi connectivity index (χ2n) is 4.35. The zero-order valence-corrected chi connectivity index (χ0v) is 13.2. The van der Waals surface area contributed by atoms with Gasteiger partial charge in [0.25, 0.3) is 0 Å². The summed E-state index contributed by atoms with van der Waals surface area (Å²) in [6.45, 7) is 15.6. The highest BCUT2D eigenvalue weighted by atomic mass is 31.0. The van der Waals surface area contributed by atoms with E-state index in [2.05, 4.69) is 41.2 Å². The van der Waals surface area contributed by atoms with E-state index in [-0.39, 0.29) is 5.82 Å². The van der Waals surface area contributed by atoms with Gasteiger partial charge in [0.05, 0.1) is 0 Å². The van der Waals surface area contributed by atoms with E-state index in [4.69, 9.17) is 0 Å². The summed E-state index contributed by atoms with van der Waals surface area (Å²) in [5, 5.41) is 3.82. The molecule has 0 saturated carbocycles. The second kappa shape index (κ2) is 8.66. The molecule has 0 heterocycles. The van der Waals surface area contributed by atoms with Crippen molar-refractivity contribution in [3.05, 3.63) is 54.0 Å². The van der Waals surface area contributed by atoms with Gasteiger partial charge in [-0.3, -0.25) is 0 Å². The zero-order valence-electron chi connectivity index (χ0n) is 12.2. The Hall–Kier alpha value is -1.40. The second-order valence-corrected chi connectivity index (χ2v) is 5.10. The lowest BCUT2D eigenvalue weighted by Gasteiger charge is -2.14. The number of benzene rings is 1. The van der Waals surface area contributed by atoms with Crippen molar-refractivity contribution in [3.63, 3.8) is 0 Å². The highest BCUT2D eigenvalue weighted by Crippen LogP contribution is 2.19. The molecule has 1 N–H and O–H groups in total. The molecule has 1 nitrogen and oxygen atoms in total. The van der Waals surface area contributed by atoms with E-state index in [9.17, 15) is 4.39 Å². The first-order valence-electron chi connectivity index (χ1n) is 6.30. The van der Waals surface area contributed by atoms with Crippen molar-refractivity contribution in [1.82, 2.24) is 5.32 Å². The Morgan fingerprint density at radius 1 is 1.32 bits per heavy atom. The van der Waals surface area contributed by atoms with Crippen molar-refractivity contribution in [2.24, 2.45) is 0 Å². The summed E-state index contributed by atoms with van der Waals surface area (Å²) in [5.74, 6) is -0.281. The third kappa shape index (κ3) is 5.85. The number of allylic oxidation sites excluding steroid dienone is 1. The van der Waals surface area contributed by atoms with Crippen molar-refractivity contribution >= 4 is 19.9 Å². The fraction of sp³-hybridized carbons (Fsp3) is 0.312. The maximum Gasteiger partial charge on any atom is 0.132 e. The Balaban J connectivity index is 0.000000982. The number of hydrogen-bond acceptors (Lipinski definition) is 1. The van der Waals surface area contributed by atoms with E-state index in [1.54, 1.807) is 6.07 Å². The first kappa shape index (κ1) is 17.6. The van der Waals surface area contributed by atoms with Crippen LogP contribution in [0, 0.1) is 12.7 Å². The summed E-state index contributed by atoms with van der Waals surface area (Å²) in [4.78, 5) is 0. The van der Waals surface area contributed by atoms with Crippen LogP contribution < -0.4 is 5.32 Å². The Morgan fingerprint density at radius 2 is 1.84 bits per heavy atom. The van der Waals surface area contributed by atoms with Crippen LogP contribution in [0.15, 0.2) is 37.1 Å². The molecule has 0 aliphatic rings. The minimum Gasteiger partial charge on any atom is -0.355 e. The van der Waals surface area contributed by atoms with Crippen LogP contribution in [0.25, 0.3) is 5.70 Å². The van der Waals surface area contributed by atoms with Crippen molar-refractivity contribution in [3.8, 4) is 0 Å². The molecule has 3 heteroatoms. The topological polar surface area (TPSA) is 12.0 Å². The van der Waals surface area contributed by atoms with Gasteiger partial charge in [0.1, 0.15) is 5.82 Å². The van der Waals surface area contributed by atoms with Gasteiger partial charge in [-0.25, -0.2) is 4.39 Å². The lowest BCUT2D eigenvalue weighted by Crippen LogP contribution is -2.15. The Morgan fingerprint density at radius 3 is 2.26 bits per heavy atom. The highest BCUT2D eigenvalue weighted by molar-refractivity contribution is 7.22. The summed E-state index contributed by atoms with van der Waals surface area (Å²) in [6.07, 6.45) is 1.25. The van der Waals surface area contributed by atoms with Gasteiger partial charge in [0.2, 0.25) is 0 Å². The molecule has 0 saturated heterocycles. The molecular weight excluding hydrogens is 256 g/mol. The monoisotopic (exact) mass is 279 g/mol. The summed E-state index contributed by atoms with van der Waals surface area (Å²) in [6, 6.07) is 4.94. The SMILES string of the molecule is C=C(NC(=C)c1c(C)cccc1F)C(C)=P.CCC. The van der Waals surface area contributed by atoms with E-state index >= 15 is 0 Å². The molecule has 19 heavy (non-hydrogen) atoms. The molecule has 0 aliphatic carbocycles. The maximum absolute atomic E-state index is 13.6. The van der Waals surface area contributed by atoms with Gasteiger partial charge in [-0.05, 0) is 30.8 Å². The van der Waals surface area contributed by atoms with Crippen molar-refractivity contribution < 1.29 is 4.39 Å².